The van der Waals surface area contributed by atoms with Crippen LogP contribution in [0.3, 0.4) is 0 Å². The first kappa shape index (κ1) is 23.7. The van der Waals surface area contributed by atoms with Gasteiger partial charge in [-0.1, -0.05) is 48.6 Å². The van der Waals surface area contributed by atoms with Crippen molar-refractivity contribution in [2.75, 3.05) is 25.2 Å². The zero-order chi connectivity index (χ0) is 23.9. The van der Waals surface area contributed by atoms with Crippen molar-refractivity contribution in [1.82, 2.24) is 15.0 Å². The summed E-state index contributed by atoms with van der Waals surface area (Å²) in [6.07, 6.45) is 7.37. The fourth-order valence-corrected chi connectivity index (χ4v) is 4.15. The molecule has 0 spiro atoms. The molecule has 2 atom stereocenters. The Hall–Kier alpha value is -3.49. The summed E-state index contributed by atoms with van der Waals surface area (Å²) in [7, 11) is 1.71. The molecule has 34 heavy (non-hydrogen) atoms. The number of carbonyl (C=O) groups excluding carboxylic acids is 1. The lowest BCUT2D eigenvalue weighted by atomic mass is 9.96. The van der Waals surface area contributed by atoms with Gasteiger partial charge in [0, 0.05) is 44.5 Å². The minimum absolute atomic E-state index is 0.0264. The van der Waals surface area contributed by atoms with Crippen LogP contribution in [0.4, 0.5) is 11.4 Å². The van der Waals surface area contributed by atoms with E-state index in [1.807, 2.05) is 54.7 Å². The van der Waals surface area contributed by atoms with Crippen LogP contribution in [0, 0.1) is 5.92 Å². The molecule has 1 N–H and O–H groups in total. The van der Waals surface area contributed by atoms with Crippen molar-refractivity contribution in [2.45, 2.75) is 32.4 Å². The van der Waals surface area contributed by atoms with Crippen LogP contribution < -0.4 is 9.64 Å². The maximum Gasteiger partial charge on any atom is 0.269 e. The lowest BCUT2D eigenvalue weighted by Crippen LogP contribution is -2.35. The van der Waals surface area contributed by atoms with Crippen LogP contribution in [0.25, 0.3) is 0 Å². The number of aliphatic hydroxyl groups excluding tert-OH is 1. The van der Waals surface area contributed by atoms with E-state index < -0.39 is 0 Å². The molecule has 0 aliphatic carbocycles. The number of fused-ring (bicyclic) bond motifs is 1. The number of aryl methyl sites for hydroxylation is 1. The Labute approximate surface area is 199 Å². The van der Waals surface area contributed by atoms with Gasteiger partial charge >= 0.3 is 0 Å². The third-order valence-electron chi connectivity index (χ3n) is 5.84. The van der Waals surface area contributed by atoms with Crippen LogP contribution in [0.2, 0.25) is 0 Å². The Bertz CT molecular complexity index is 1130. The summed E-state index contributed by atoms with van der Waals surface area (Å²) in [5.41, 5.74) is 3.39. The number of amides is 1. The van der Waals surface area contributed by atoms with E-state index in [0.29, 0.717) is 12.2 Å². The summed E-state index contributed by atoms with van der Waals surface area (Å²) in [4.78, 5) is 14.3. The van der Waals surface area contributed by atoms with Gasteiger partial charge in [0.2, 0.25) is 0 Å². The average Bonchev–Trinajstić information content (AvgIpc) is 3.30. The highest BCUT2D eigenvalue weighted by Crippen LogP contribution is 2.37. The van der Waals surface area contributed by atoms with Gasteiger partial charge in [-0.25, -0.2) is 0 Å². The predicted octanol–water partition coefficient (Wildman–Crippen LogP) is 3.84. The Morgan fingerprint density at radius 3 is 2.76 bits per heavy atom. The van der Waals surface area contributed by atoms with E-state index in [2.05, 4.69) is 29.4 Å². The molecule has 1 aromatic heterocycles. The van der Waals surface area contributed by atoms with Crippen LogP contribution in [0.15, 0.2) is 66.9 Å². The van der Waals surface area contributed by atoms with Crippen molar-refractivity contribution in [1.29, 1.82) is 0 Å². The molecule has 8 nitrogen and oxygen atoms in total. The van der Waals surface area contributed by atoms with Crippen molar-refractivity contribution in [3.8, 4) is 5.75 Å². The molecule has 1 aliphatic heterocycles. The molecule has 8 heteroatoms. The van der Waals surface area contributed by atoms with E-state index in [0.717, 1.165) is 35.6 Å². The number of nitrogens with zero attached hydrogens (tertiary/aromatic N) is 4. The molecule has 1 aliphatic rings. The zero-order valence-corrected chi connectivity index (χ0v) is 19.5. The molecular formula is C26H30N4O4. The maximum absolute atomic E-state index is 12.6. The Morgan fingerprint density at radius 1 is 1.21 bits per heavy atom. The standard InChI is InChI=1S/C26H30N4O4/c1-19(7-5-6-15-29-17-21(14-16-31)27-28-29)26(33-2)20-10-12-22(13-11-20)30-23-8-3-4-9-24(23)34-18-25(30)32/h3-5,7-13,17,19,26,31H,6,14-16,18H2,1-2H3/b7-5+/t19-,26+/m0/s1. The van der Waals surface area contributed by atoms with E-state index >= 15 is 0 Å². The number of hydrogen-bond donors (Lipinski definition) is 1. The van der Waals surface area contributed by atoms with Gasteiger partial charge in [0.25, 0.3) is 5.91 Å². The number of rotatable bonds is 10. The first-order valence-corrected chi connectivity index (χ1v) is 11.4. The molecule has 178 valence electrons. The molecule has 2 aromatic carbocycles. The molecule has 4 rings (SSSR count). The minimum Gasteiger partial charge on any atom is -0.482 e. The van der Waals surface area contributed by atoms with Gasteiger partial charge < -0.3 is 14.6 Å². The molecule has 2 heterocycles. The number of methoxy groups -OCH3 is 1. The summed E-state index contributed by atoms with van der Waals surface area (Å²) in [5, 5.41) is 17.1. The summed E-state index contributed by atoms with van der Waals surface area (Å²) in [5.74, 6) is 0.763. The summed E-state index contributed by atoms with van der Waals surface area (Å²) in [6.45, 7) is 2.95. The van der Waals surface area contributed by atoms with Gasteiger partial charge in [-0.2, -0.15) is 0 Å². The summed E-state index contributed by atoms with van der Waals surface area (Å²) >= 11 is 0. The van der Waals surface area contributed by atoms with Crippen molar-refractivity contribution in [3.05, 3.63) is 78.1 Å². The molecule has 1 amide bonds. The highest BCUT2D eigenvalue weighted by Gasteiger charge is 2.27. The van der Waals surface area contributed by atoms with Crippen LogP contribution >= 0.6 is 0 Å². The van der Waals surface area contributed by atoms with E-state index in [1.54, 1.807) is 16.7 Å². The third kappa shape index (κ3) is 5.35. The Balaban J connectivity index is 1.39. The van der Waals surface area contributed by atoms with Gasteiger partial charge in [-0.05, 0) is 36.2 Å². The lowest BCUT2D eigenvalue weighted by Gasteiger charge is -2.29. The summed E-state index contributed by atoms with van der Waals surface area (Å²) < 4.78 is 13.1. The molecule has 0 unspecified atom stereocenters. The Morgan fingerprint density at radius 2 is 2.00 bits per heavy atom. The number of ether oxygens (including phenoxy) is 2. The first-order valence-electron chi connectivity index (χ1n) is 11.4. The monoisotopic (exact) mass is 462 g/mol. The minimum atomic E-state index is -0.111. The van der Waals surface area contributed by atoms with Gasteiger partial charge in [-0.3, -0.25) is 14.4 Å². The predicted molar refractivity (Wildman–Crippen MR) is 129 cm³/mol. The number of aliphatic hydroxyl groups is 1. The van der Waals surface area contributed by atoms with Gasteiger partial charge in [0.15, 0.2) is 6.61 Å². The van der Waals surface area contributed by atoms with Gasteiger partial charge in [0.1, 0.15) is 5.75 Å². The highest BCUT2D eigenvalue weighted by molar-refractivity contribution is 6.04. The smallest absolute Gasteiger partial charge is 0.269 e. The topological polar surface area (TPSA) is 89.7 Å². The number of carbonyl (C=O) groups is 1. The van der Waals surface area contributed by atoms with E-state index in [-0.39, 0.29) is 31.1 Å². The Kier molecular flexibility index (Phi) is 7.72. The number of allylic oxidation sites excluding steroid dienone is 1. The molecule has 0 bridgehead atoms. The van der Waals surface area contributed by atoms with Crippen LogP contribution in [0.5, 0.6) is 5.75 Å². The second kappa shape index (κ2) is 11.1. The van der Waals surface area contributed by atoms with Crippen molar-refractivity contribution in [3.63, 3.8) is 0 Å². The highest BCUT2D eigenvalue weighted by atomic mass is 16.5. The molecule has 0 radical (unpaired) electrons. The van der Waals surface area contributed by atoms with Crippen LogP contribution in [0.1, 0.15) is 30.7 Å². The number of benzene rings is 2. The van der Waals surface area contributed by atoms with Crippen molar-refractivity contribution in [2.24, 2.45) is 5.92 Å². The van der Waals surface area contributed by atoms with Crippen molar-refractivity contribution >= 4 is 17.3 Å². The number of aromatic nitrogens is 3. The second-order valence-electron chi connectivity index (χ2n) is 8.26. The number of anilines is 2. The van der Waals surface area contributed by atoms with Crippen molar-refractivity contribution < 1.29 is 19.4 Å². The molecule has 0 saturated carbocycles. The van der Waals surface area contributed by atoms with E-state index in [4.69, 9.17) is 14.6 Å². The number of para-hydroxylation sites is 2. The largest absolute Gasteiger partial charge is 0.482 e. The van der Waals surface area contributed by atoms with Gasteiger partial charge in [-0.15, -0.1) is 5.10 Å². The molecule has 3 aromatic rings. The summed E-state index contributed by atoms with van der Waals surface area (Å²) in [6, 6.07) is 15.5. The average molecular weight is 463 g/mol. The molecule has 0 fully saturated rings. The maximum atomic E-state index is 12.6. The van der Waals surface area contributed by atoms with Crippen LogP contribution in [-0.4, -0.2) is 46.3 Å². The second-order valence-corrected chi connectivity index (χ2v) is 8.26. The van der Waals surface area contributed by atoms with Crippen LogP contribution in [-0.2, 0) is 22.5 Å². The quantitative estimate of drug-likeness (QED) is 0.461. The zero-order valence-electron chi connectivity index (χ0n) is 19.5. The first-order chi connectivity index (χ1) is 16.6. The third-order valence-corrected chi connectivity index (χ3v) is 5.84. The van der Waals surface area contributed by atoms with E-state index in [1.165, 1.54) is 0 Å². The molecular weight excluding hydrogens is 432 g/mol. The fraction of sp³-hybridized carbons (Fsp3) is 0.346. The molecule has 0 saturated heterocycles. The lowest BCUT2D eigenvalue weighted by molar-refractivity contribution is -0.120. The number of hydrogen-bond acceptors (Lipinski definition) is 6. The fourth-order valence-electron chi connectivity index (χ4n) is 4.15. The van der Waals surface area contributed by atoms with Gasteiger partial charge in [0.05, 0.1) is 17.5 Å². The SMILES string of the molecule is CO[C@@H](c1ccc(N2C(=O)COc3ccccc32)cc1)[C@@H](C)/C=C/CCn1cc(CCO)nn1. The normalized spacial score (nSPS) is 15.3. The van der Waals surface area contributed by atoms with E-state index in [9.17, 15) is 4.79 Å².